The van der Waals surface area contributed by atoms with E-state index in [9.17, 15) is 4.79 Å². The van der Waals surface area contributed by atoms with Gasteiger partial charge in [0.1, 0.15) is 0 Å². The van der Waals surface area contributed by atoms with Crippen LogP contribution >= 0.6 is 0 Å². The molecule has 112 valence electrons. The second-order valence-corrected chi connectivity index (χ2v) is 5.15. The monoisotopic (exact) mass is 276 g/mol. The van der Waals surface area contributed by atoms with E-state index in [2.05, 4.69) is 31.2 Å². The van der Waals surface area contributed by atoms with E-state index < -0.39 is 0 Å². The Kier molecular flexibility index (Phi) is 7.97. The molecule has 3 nitrogen and oxygen atoms in total. The number of nitrogens with one attached hydrogen (secondary N) is 1. The molecule has 0 aliphatic heterocycles. The second kappa shape index (κ2) is 9.54. The zero-order chi connectivity index (χ0) is 14.8. The molecule has 0 atom stereocenters. The Morgan fingerprint density at radius 3 is 2.20 bits per heavy atom. The third-order valence-corrected chi connectivity index (χ3v) is 3.47. The third-order valence-electron chi connectivity index (χ3n) is 3.47. The van der Waals surface area contributed by atoms with Gasteiger partial charge in [0.25, 0.3) is 5.91 Å². The summed E-state index contributed by atoms with van der Waals surface area (Å²) in [6.45, 7) is 8.28. The quantitative estimate of drug-likeness (QED) is 0.696. The molecule has 0 aliphatic rings. The Morgan fingerprint density at radius 1 is 1.05 bits per heavy atom. The summed E-state index contributed by atoms with van der Waals surface area (Å²) < 4.78 is 0. The second-order valence-electron chi connectivity index (χ2n) is 5.15. The molecule has 0 saturated heterocycles. The van der Waals surface area contributed by atoms with Crippen LogP contribution in [0.5, 0.6) is 0 Å². The number of hydrogen-bond donors (Lipinski definition) is 1. The molecule has 0 heterocycles. The van der Waals surface area contributed by atoms with Gasteiger partial charge in [-0.05, 0) is 30.9 Å². The number of benzene rings is 1. The number of hydrazine groups is 1. The molecular weight excluding hydrogens is 248 g/mol. The van der Waals surface area contributed by atoms with Crippen LogP contribution in [-0.2, 0) is 6.42 Å². The van der Waals surface area contributed by atoms with E-state index in [1.54, 1.807) is 0 Å². The first kappa shape index (κ1) is 16.7. The zero-order valence-corrected chi connectivity index (χ0v) is 13.1. The van der Waals surface area contributed by atoms with Gasteiger partial charge in [-0.1, -0.05) is 51.8 Å². The lowest BCUT2D eigenvalue weighted by atomic mass is 10.1. The van der Waals surface area contributed by atoms with E-state index in [0.717, 1.165) is 56.3 Å². The number of nitrogens with zero attached hydrogens (tertiary/aromatic N) is 1. The summed E-state index contributed by atoms with van der Waals surface area (Å²) in [6, 6.07) is 7.85. The summed E-state index contributed by atoms with van der Waals surface area (Å²) in [5, 5.41) is 2.07. The third kappa shape index (κ3) is 5.33. The first-order valence-electron chi connectivity index (χ1n) is 7.86. The minimum absolute atomic E-state index is 0.0228. The smallest absolute Gasteiger partial charge is 0.265 e. The SMILES string of the molecule is CCCCN(CCCC)NC(=O)c1ccccc1CC. The van der Waals surface area contributed by atoms with Crippen molar-refractivity contribution >= 4 is 5.91 Å². The molecule has 3 heteroatoms. The molecule has 0 fully saturated rings. The molecule has 0 radical (unpaired) electrons. The van der Waals surface area contributed by atoms with E-state index in [4.69, 9.17) is 0 Å². The summed E-state index contributed by atoms with van der Waals surface area (Å²) >= 11 is 0. The highest BCUT2D eigenvalue weighted by atomic mass is 16.2. The highest BCUT2D eigenvalue weighted by molar-refractivity contribution is 5.95. The Morgan fingerprint density at radius 2 is 1.65 bits per heavy atom. The van der Waals surface area contributed by atoms with E-state index in [0.29, 0.717) is 0 Å². The van der Waals surface area contributed by atoms with Crippen LogP contribution in [0.4, 0.5) is 0 Å². The van der Waals surface area contributed by atoms with Crippen molar-refractivity contribution in [2.24, 2.45) is 0 Å². The molecule has 20 heavy (non-hydrogen) atoms. The summed E-state index contributed by atoms with van der Waals surface area (Å²) in [7, 11) is 0. The molecule has 1 aromatic carbocycles. The topological polar surface area (TPSA) is 32.3 Å². The number of unbranched alkanes of at least 4 members (excludes halogenated alkanes) is 2. The van der Waals surface area contributed by atoms with Gasteiger partial charge in [-0.15, -0.1) is 0 Å². The Balaban J connectivity index is 2.68. The number of hydrogen-bond acceptors (Lipinski definition) is 2. The summed E-state index contributed by atoms with van der Waals surface area (Å²) in [4.78, 5) is 12.4. The van der Waals surface area contributed by atoms with Gasteiger partial charge in [0.05, 0.1) is 0 Å². The molecule has 0 spiro atoms. The average molecular weight is 276 g/mol. The predicted molar refractivity (Wildman–Crippen MR) is 84.7 cm³/mol. The van der Waals surface area contributed by atoms with Crippen LogP contribution in [0.25, 0.3) is 0 Å². The fraction of sp³-hybridized carbons (Fsp3) is 0.588. The minimum atomic E-state index is 0.0228. The van der Waals surface area contributed by atoms with Crippen LogP contribution in [0.15, 0.2) is 24.3 Å². The molecule has 0 unspecified atom stereocenters. The molecule has 1 rings (SSSR count). The van der Waals surface area contributed by atoms with Gasteiger partial charge in [-0.2, -0.15) is 0 Å². The van der Waals surface area contributed by atoms with Crippen molar-refractivity contribution in [2.45, 2.75) is 52.9 Å². The highest BCUT2D eigenvalue weighted by Crippen LogP contribution is 2.09. The standard InChI is InChI=1S/C17H28N2O/c1-4-7-13-19(14-8-5-2)18-17(20)16-12-10-9-11-15(16)6-3/h9-12H,4-8,13-14H2,1-3H3,(H,18,20). The van der Waals surface area contributed by atoms with Crippen molar-refractivity contribution in [3.63, 3.8) is 0 Å². The Bertz CT molecular complexity index is 396. The number of amides is 1. The number of rotatable bonds is 9. The van der Waals surface area contributed by atoms with Crippen LogP contribution in [0, 0.1) is 0 Å². The minimum Gasteiger partial charge on any atom is -0.285 e. The van der Waals surface area contributed by atoms with E-state index in [-0.39, 0.29) is 5.91 Å². The Hall–Kier alpha value is -1.35. The summed E-state index contributed by atoms with van der Waals surface area (Å²) in [5.74, 6) is 0.0228. The first-order chi connectivity index (χ1) is 9.72. The molecule has 1 aromatic rings. The molecular formula is C17H28N2O. The van der Waals surface area contributed by atoms with Gasteiger partial charge in [-0.3, -0.25) is 10.2 Å². The maximum Gasteiger partial charge on any atom is 0.265 e. The van der Waals surface area contributed by atoms with Gasteiger partial charge >= 0.3 is 0 Å². The number of carbonyl (C=O) groups excluding carboxylic acids is 1. The van der Waals surface area contributed by atoms with Crippen molar-refractivity contribution in [2.75, 3.05) is 13.1 Å². The molecule has 0 bridgehead atoms. The van der Waals surface area contributed by atoms with Crippen LogP contribution in [0.2, 0.25) is 0 Å². The van der Waals surface area contributed by atoms with Crippen molar-refractivity contribution in [3.05, 3.63) is 35.4 Å². The van der Waals surface area contributed by atoms with Crippen LogP contribution in [0.3, 0.4) is 0 Å². The van der Waals surface area contributed by atoms with Crippen molar-refractivity contribution in [3.8, 4) is 0 Å². The predicted octanol–water partition coefficient (Wildman–Crippen LogP) is 3.80. The highest BCUT2D eigenvalue weighted by Gasteiger charge is 2.13. The summed E-state index contributed by atoms with van der Waals surface area (Å²) in [6.07, 6.45) is 5.39. The Labute approximate surface area is 123 Å². The van der Waals surface area contributed by atoms with Crippen molar-refractivity contribution < 1.29 is 4.79 Å². The fourth-order valence-corrected chi connectivity index (χ4v) is 2.18. The molecule has 1 amide bonds. The molecule has 0 saturated carbocycles. The van der Waals surface area contributed by atoms with Crippen molar-refractivity contribution in [1.82, 2.24) is 10.4 Å². The lowest BCUT2D eigenvalue weighted by Gasteiger charge is -2.23. The van der Waals surface area contributed by atoms with E-state index in [1.807, 2.05) is 24.3 Å². The maximum atomic E-state index is 12.4. The fourth-order valence-electron chi connectivity index (χ4n) is 2.18. The van der Waals surface area contributed by atoms with E-state index in [1.165, 1.54) is 0 Å². The van der Waals surface area contributed by atoms with Crippen molar-refractivity contribution in [1.29, 1.82) is 0 Å². The van der Waals surface area contributed by atoms with Gasteiger partial charge < -0.3 is 0 Å². The zero-order valence-electron chi connectivity index (χ0n) is 13.1. The average Bonchev–Trinajstić information content (AvgIpc) is 2.49. The molecule has 0 aliphatic carbocycles. The van der Waals surface area contributed by atoms with Gasteiger partial charge in [0, 0.05) is 18.7 Å². The van der Waals surface area contributed by atoms with E-state index >= 15 is 0 Å². The molecule has 1 N–H and O–H groups in total. The van der Waals surface area contributed by atoms with Crippen LogP contribution < -0.4 is 5.43 Å². The van der Waals surface area contributed by atoms with Crippen LogP contribution in [0.1, 0.15) is 62.4 Å². The number of aryl methyl sites for hydroxylation is 1. The number of carbonyl (C=O) groups is 1. The van der Waals surface area contributed by atoms with Gasteiger partial charge in [-0.25, -0.2) is 5.01 Å². The normalized spacial score (nSPS) is 10.8. The summed E-state index contributed by atoms with van der Waals surface area (Å²) in [5.41, 5.74) is 4.98. The first-order valence-corrected chi connectivity index (χ1v) is 7.86. The lowest BCUT2D eigenvalue weighted by Crippen LogP contribution is -2.43. The largest absolute Gasteiger partial charge is 0.285 e. The maximum absolute atomic E-state index is 12.4. The molecule has 0 aromatic heterocycles. The van der Waals surface area contributed by atoms with Gasteiger partial charge in [0.15, 0.2) is 0 Å². The van der Waals surface area contributed by atoms with Crippen LogP contribution in [-0.4, -0.2) is 24.0 Å². The lowest BCUT2D eigenvalue weighted by molar-refractivity contribution is 0.0781. The van der Waals surface area contributed by atoms with Gasteiger partial charge in [0.2, 0.25) is 0 Å².